The molecule has 0 saturated carbocycles. The normalized spacial score (nSPS) is 15.3. The molecule has 1 aromatic rings. The first-order valence-electron chi connectivity index (χ1n) is 5.05. The molecule has 0 radical (unpaired) electrons. The minimum atomic E-state index is -1.02. The summed E-state index contributed by atoms with van der Waals surface area (Å²) in [6.07, 6.45) is 0.0913. The van der Waals surface area contributed by atoms with Crippen molar-refractivity contribution in [3.8, 4) is 5.75 Å². The second kappa shape index (κ2) is 4.64. The first kappa shape index (κ1) is 12.0. The van der Waals surface area contributed by atoms with Crippen molar-refractivity contribution in [3.05, 3.63) is 29.8 Å². The Labute approximate surface area is 90.3 Å². The average Bonchev–Trinajstić information content (AvgIpc) is 2.16. The number of phenols is 1. The third-order valence-electron chi connectivity index (χ3n) is 2.19. The fourth-order valence-corrected chi connectivity index (χ4v) is 1.23. The molecule has 15 heavy (non-hydrogen) atoms. The maximum atomic E-state index is 10.1. The van der Waals surface area contributed by atoms with Gasteiger partial charge in [-0.25, -0.2) is 0 Å². The van der Waals surface area contributed by atoms with Gasteiger partial charge in [-0.2, -0.15) is 0 Å². The maximum Gasteiger partial charge on any atom is 0.115 e. The van der Waals surface area contributed by atoms with E-state index in [9.17, 15) is 5.11 Å². The van der Waals surface area contributed by atoms with Crippen LogP contribution in [0.2, 0.25) is 0 Å². The molecular formula is C12H18O3. The topological polar surface area (TPSA) is 49.7 Å². The zero-order valence-electron chi connectivity index (χ0n) is 9.40. The van der Waals surface area contributed by atoms with Crippen molar-refractivity contribution in [1.29, 1.82) is 0 Å². The van der Waals surface area contributed by atoms with Gasteiger partial charge in [0.1, 0.15) is 11.4 Å². The van der Waals surface area contributed by atoms with Gasteiger partial charge in [-0.3, -0.25) is 0 Å². The molecule has 0 aliphatic heterocycles. The van der Waals surface area contributed by atoms with Crippen molar-refractivity contribution in [2.45, 2.75) is 32.5 Å². The fraction of sp³-hybridized carbons (Fsp3) is 0.500. The van der Waals surface area contributed by atoms with E-state index in [1.54, 1.807) is 31.2 Å². The quantitative estimate of drug-likeness (QED) is 0.799. The summed E-state index contributed by atoms with van der Waals surface area (Å²) in [5.41, 5.74) is -0.279. The summed E-state index contributed by atoms with van der Waals surface area (Å²) < 4.78 is 5.38. The van der Waals surface area contributed by atoms with Crippen molar-refractivity contribution in [3.63, 3.8) is 0 Å². The number of hydrogen-bond acceptors (Lipinski definition) is 3. The van der Waals surface area contributed by atoms with E-state index in [1.807, 2.05) is 13.8 Å². The second-order valence-electron chi connectivity index (χ2n) is 4.18. The Morgan fingerprint density at radius 2 is 1.80 bits per heavy atom. The molecule has 0 spiro atoms. The molecule has 0 aromatic heterocycles. The monoisotopic (exact) mass is 210 g/mol. The zero-order valence-corrected chi connectivity index (χ0v) is 9.40. The number of aromatic hydroxyl groups is 1. The van der Waals surface area contributed by atoms with Crippen LogP contribution in [0.4, 0.5) is 0 Å². The van der Waals surface area contributed by atoms with Crippen LogP contribution in [0.25, 0.3) is 0 Å². The lowest BCUT2D eigenvalue weighted by atomic mass is 9.97. The molecule has 3 nitrogen and oxygen atoms in total. The highest BCUT2D eigenvalue weighted by molar-refractivity contribution is 5.29. The average molecular weight is 210 g/mol. The van der Waals surface area contributed by atoms with Gasteiger partial charge in [-0.1, -0.05) is 12.1 Å². The zero-order chi connectivity index (χ0) is 11.5. The molecule has 0 aliphatic rings. The van der Waals surface area contributed by atoms with Gasteiger partial charge >= 0.3 is 0 Å². The summed E-state index contributed by atoms with van der Waals surface area (Å²) in [5.74, 6) is 0.194. The van der Waals surface area contributed by atoms with Crippen LogP contribution in [-0.2, 0) is 10.3 Å². The van der Waals surface area contributed by atoms with Gasteiger partial charge in [0.15, 0.2) is 0 Å². The molecule has 0 heterocycles. The molecule has 0 saturated heterocycles. The van der Waals surface area contributed by atoms with E-state index in [0.29, 0.717) is 0 Å². The van der Waals surface area contributed by atoms with Gasteiger partial charge in [0.25, 0.3) is 0 Å². The van der Waals surface area contributed by atoms with Gasteiger partial charge in [-0.05, 0) is 38.5 Å². The highest BCUT2D eigenvalue weighted by Crippen LogP contribution is 2.23. The Balaban J connectivity index is 2.72. The number of aliphatic hydroxyl groups is 1. The SMILES string of the molecule is CC(C)OCC(C)(O)c1ccc(O)cc1. The third-order valence-corrected chi connectivity index (χ3v) is 2.19. The molecular weight excluding hydrogens is 192 g/mol. The molecule has 3 heteroatoms. The van der Waals surface area contributed by atoms with Crippen LogP contribution in [0.3, 0.4) is 0 Å². The van der Waals surface area contributed by atoms with E-state index in [0.717, 1.165) is 5.56 Å². The summed E-state index contributed by atoms with van der Waals surface area (Å²) in [7, 11) is 0. The molecule has 0 aliphatic carbocycles. The summed E-state index contributed by atoms with van der Waals surface area (Å²) in [4.78, 5) is 0. The number of hydrogen-bond donors (Lipinski definition) is 2. The highest BCUT2D eigenvalue weighted by Gasteiger charge is 2.23. The summed E-state index contributed by atoms with van der Waals surface area (Å²) in [6.45, 7) is 5.79. The van der Waals surface area contributed by atoms with E-state index in [4.69, 9.17) is 9.84 Å². The minimum Gasteiger partial charge on any atom is -0.508 e. The Morgan fingerprint density at radius 3 is 2.27 bits per heavy atom. The third kappa shape index (κ3) is 3.53. The number of benzene rings is 1. The lowest BCUT2D eigenvalue weighted by Crippen LogP contribution is -2.29. The van der Waals surface area contributed by atoms with Crippen molar-refractivity contribution < 1.29 is 14.9 Å². The molecule has 0 fully saturated rings. The standard InChI is InChI=1S/C12H18O3/c1-9(2)15-8-12(3,14)10-4-6-11(13)7-5-10/h4-7,9,13-14H,8H2,1-3H3. The van der Waals surface area contributed by atoms with Crippen LogP contribution in [0.5, 0.6) is 5.75 Å². The van der Waals surface area contributed by atoms with Crippen LogP contribution in [0.15, 0.2) is 24.3 Å². The van der Waals surface area contributed by atoms with Gasteiger partial charge in [0.05, 0.1) is 12.7 Å². The Morgan fingerprint density at radius 1 is 1.27 bits per heavy atom. The van der Waals surface area contributed by atoms with E-state index < -0.39 is 5.60 Å². The number of ether oxygens (including phenoxy) is 1. The number of phenolic OH excluding ortho intramolecular Hbond substituents is 1. The van der Waals surface area contributed by atoms with Gasteiger partial charge in [0.2, 0.25) is 0 Å². The molecule has 0 amide bonds. The van der Waals surface area contributed by atoms with Gasteiger partial charge in [0, 0.05) is 0 Å². The summed E-state index contributed by atoms with van der Waals surface area (Å²) in [6, 6.07) is 6.50. The fourth-order valence-electron chi connectivity index (χ4n) is 1.23. The van der Waals surface area contributed by atoms with Crippen LogP contribution in [0.1, 0.15) is 26.3 Å². The van der Waals surface area contributed by atoms with Crippen molar-refractivity contribution in [2.24, 2.45) is 0 Å². The number of rotatable bonds is 4. The Bertz CT molecular complexity index is 301. The molecule has 84 valence electrons. The molecule has 2 N–H and O–H groups in total. The first-order valence-corrected chi connectivity index (χ1v) is 5.05. The summed E-state index contributed by atoms with van der Waals surface area (Å²) in [5, 5.41) is 19.2. The lowest BCUT2D eigenvalue weighted by Gasteiger charge is -2.24. The molecule has 1 atom stereocenters. The van der Waals surface area contributed by atoms with E-state index >= 15 is 0 Å². The van der Waals surface area contributed by atoms with Crippen molar-refractivity contribution in [2.75, 3.05) is 6.61 Å². The van der Waals surface area contributed by atoms with Crippen LogP contribution in [0, 0.1) is 0 Å². The minimum absolute atomic E-state index is 0.0913. The summed E-state index contributed by atoms with van der Waals surface area (Å²) >= 11 is 0. The smallest absolute Gasteiger partial charge is 0.115 e. The van der Waals surface area contributed by atoms with Crippen LogP contribution >= 0.6 is 0 Å². The van der Waals surface area contributed by atoms with E-state index in [1.165, 1.54) is 0 Å². The van der Waals surface area contributed by atoms with Crippen LogP contribution < -0.4 is 0 Å². The Kier molecular flexibility index (Phi) is 3.72. The van der Waals surface area contributed by atoms with Gasteiger partial charge in [-0.15, -0.1) is 0 Å². The Hall–Kier alpha value is -1.06. The van der Waals surface area contributed by atoms with Crippen molar-refractivity contribution >= 4 is 0 Å². The van der Waals surface area contributed by atoms with E-state index in [2.05, 4.69) is 0 Å². The van der Waals surface area contributed by atoms with Crippen LogP contribution in [-0.4, -0.2) is 22.9 Å². The van der Waals surface area contributed by atoms with Crippen molar-refractivity contribution in [1.82, 2.24) is 0 Å². The largest absolute Gasteiger partial charge is 0.508 e. The molecule has 1 rings (SSSR count). The lowest BCUT2D eigenvalue weighted by molar-refractivity contribution is -0.0574. The highest BCUT2D eigenvalue weighted by atomic mass is 16.5. The predicted octanol–water partition coefficient (Wildman–Crippen LogP) is 2.02. The molecule has 1 aromatic carbocycles. The second-order valence-corrected chi connectivity index (χ2v) is 4.18. The molecule has 0 bridgehead atoms. The molecule has 1 unspecified atom stereocenters. The predicted molar refractivity (Wildman–Crippen MR) is 58.8 cm³/mol. The van der Waals surface area contributed by atoms with Gasteiger partial charge < -0.3 is 14.9 Å². The maximum absolute atomic E-state index is 10.1. The first-order chi connectivity index (χ1) is 6.92. The van der Waals surface area contributed by atoms with E-state index in [-0.39, 0.29) is 18.5 Å².